The van der Waals surface area contributed by atoms with Crippen LogP contribution in [-0.4, -0.2) is 61.9 Å². The van der Waals surface area contributed by atoms with Gasteiger partial charge in [0.05, 0.1) is 23.8 Å². The molecule has 0 saturated carbocycles. The van der Waals surface area contributed by atoms with Crippen molar-refractivity contribution in [2.45, 2.75) is 43.7 Å². The summed E-state index contributed by atoms with van der Waals surface area (Å²) >= 11 is 0. The molecule has 13 heteroatoms. The van der Waals surface area contributed by atoms with Crippen molar-refractivity contribution >= 4 is 49.8 Å². The van der Waals surface area contributed by atoms with Gasteiger partial charge in [-0.25, -0.2) is 22.6 Å². The summed E-state index contributed by atoms with van der Waals surface area (Å²) < 4.78 is 47.7. The number of sulfone groups is 1. The number of amides is 2. The molecule has 242 valence electrons. The molecule has 5 rings (SSSR count). The van der Waals surface area contributed by atoms with Crippen molar-refractivity contribution in [3.63, 3.8) is 0 Å². The van der Waals surface area contributed by atoms with E-state index in [4.69, 9.17) is 10.5 Å². The molecule has 11 nitrogen and oxygen atoms in total. The van der Waals surface area contributed by atoms with Crippen LogP contribution < -0.4 is 20.7 Å². The fourth-order valence-corrected chi connectivity index (χ4v) is 7.05. The number of hydrogen-bond donors (Lipinski definition) is 3. The lowest BCUT2D eigenvalue weighted by atomic mass is 9.99. The Morgan fingerprint density at radius 1 is 1.20 bits per heavy atom. The van der Waals surface area contributed by atoms with Gasteiger partial charge in [-0.15, -0.1) is 0 Å². The number of hydrogen-bond acceptors (Lipinski definition) is 8. The van der Waals surface area contributed by atoms with Gasteiger partial charge in [-0.2, -0.15) is 0 Å². The summed E-state index contributed by atoms with van der Waals surface area (Å²) in [4.78, 5) is 33.0. The number of rotatable bonds is 9. The smallest absolute Gasteiger partial charge is 0.411 e. The molecule has 4 aromatic rings. The Hall–Kier alpha value is -4.91. The number of nitrogens with two attached hydrogens (primary N) is 1. The first-order valence-electron chi connectivity index (χ1n) is 14.7. The number of ether oxygens (including phenoxy) is 1. The van der Waals surface area contributed by atoms with Gasteiger partial charge in [0.1, 0.15) is 23.4 Å². The average Bonchev–Trinajstić information content (AvgIpc) is 3.53. The summed E-state index contributed by atoms with van der Waals surface area (Å²) in [5.41, 5.74) is 7.72. The number of aryl methyl sites for hydroxylation is 1. The van der Waals surface area contributed by atoms with Gasteiger partial charge in [0.15, 0.2) is 9.84 Å². The first-order chi connectivity index (χ1) is 21.9. The van der Waals surface area contributed by atoms with Crippen LogP contribution in [0.15, 0.2) is 65.7 Å². The number of halogens is 1. The highest BCUT2D eigenvalue weighted by Gasteiger charge is 2.38. The number of likely N-dealkylation sites (tertiary alicyclic amines) is 1. The summed E-state index contributed by atoms with van der Waals surface area (Å²) in [5.74, 6) is -0.548. The zero-order valence-electron chi connectivity index (χ0n) is 26.0. The molecule has 46 heavy (non-hydrogen) atoms. The second-order valence-corrected chi connectivity index (χ2v) is 13.5. The minimum Gasteiger partial charge on any atom is -0.496 e. The molecule has 3 aromatic carbocycles. The zero-order chi connectivity index (χ0) is 33.3. The lowest BCUT2D eigenvalue weighted by Gasteiger charge is -2.32. The fraction of sp³-hybridized carbons (Fsp3) is 0.303. The predicted octanol–water partition coefficient (Wildman–Crippen LogP) is 5.70. The summed E-state index contributed by atoms with van der Waals surface area (Å²) in [7, 11) is -0.939. The molecular weight excluding hydrogens is 613 g/mol. The normalized spacial score (nSPS) is 15.5. The molecule has 2 heterocycles. The molecule has 1 fully saturated rings. The van der Waals surface area contributed by atoms with E-state index < -0.39 is 39.7 Å². The van der Waals surface area contributed by atoms with Crippen LogP contribution in [0, 0.1) is 12.7 Å². The molecule has 2 amide bonds. The van der Waals surface area contributed by atoms with Crippen LogP contribution in [0.4, 0.5) is 26.4 Å². The van der Waals surface area contributed by atoms with Gasteiger partial charge in [0.2, 0.25) is 5.91 Å². The van der Waals surface area contributed by atoms with E-state index in [2.05, 4.69) is 10.3 Å². The Labute approximate surface area is 266 Å². The maximum Gasteiger partial charge on any atom is 0.411 e. The Morgan fingerprint density at radius 3 is 2.65 bits per heavy atom. The van der Waals surface area contributed by atoms with Crippen molar-refractivity contribution in [3.05, 3.63) is 83.3 Å². The van der Waals surface area contributed by atoms with Gasteiger partial charge in [-0.1, -0.05) is 6.92 Å². The van der Waals surface area contributed by atoms with Crippen molar-refractivity contribution in [2.24, 2.45) is 0 Å². The highest BCUT2D eigenvalue weighted by Crippen LogP contribution is 2.41. The van der Waals surface area contributed by atoms with Gasteiger partial charge in [-0.05, 0) is 90.9 Å². The number of carboxylic acid groups (broad SMARTS) is 1. The largest absolute Gasteiger partial charge is 0.496 e. The van der Waals surface area contributed by atoms with Crippen LogP contribution in [0.5, 0.6) is 5.75 Å². The van der Waals surface area contributed by atoms with Gasteiger partial charge in [0, 0.05) is 42.1 Å². The summed E-state index contributed by atoms with van der Waals surface area (Å²) in [6.07, 6.45) is 1.32. The van der Waals surface area contributed by atoms with Crippen LogP contribution in [0.3, 0.4) is 0 Å². The minimum absolute atomic E-state index is 0.0238. The monoisotopic (exact) mass is 649 g/mol. The number of nitrogens with one attached hydrogen (secondary N) is 1. The second kappa shape index (κ2) is 12.8. The number of benzene rings is 3. The third-order valence-corrected chi connectivity index (χ3v) is 10.3. The van der Waals surface area contributed by atoms with Gasteiger partial charge in [0.25, 0.3) is 0 Å². The maximum atomic E-state index is 15.7. The number of anilines is 3. The number of methoxy groups -OCH3 is 1. The molecule has 1 aliphatic rings. The van der Waals surface area contributed by atoms with E-state index in [1.807, 2.05) is 0 Å². The highest BCUT2D eigenvalue weighted by atomic mass is 32.2. The number of nitrogen functional groups attached to an aromatic ring is 1. The van der Waals surface area contributed by atoms with Crippen LogP contribution in [0.1, 0.15) is 48.5 Å². The van der Waals surface area contributed by atoms with Crippen molar-refractivity contribution in [1.29, 1.82) is 0 Å². The molecule has 0 radical (unpaired) electrons. The maximum absolute atomic E-state index is 15.7. The fourth-order valence-electron chi connectivity index (χ4n) is 5.91. The summed E-state index contributed by atoms with van der Waals surface area (Å²) in [6.45, 7) is 3.50. The van der Waals surface area contributed by atoms with E-state index >= 15 is 4.39 Å². The van der Waals surface area contributed by atoms with Gasteiger partial charge in [-0.3, -0.25) is 9.69 Å². The second-order valence-electron chi connectivity index (χ2n) is 11.2. The highest BCUT2D eigenvalue weighted by molar-refractivity contribution is 7.91. The van der Waals surface area contributed by atoms with Crippen molar-refractivity contribution in [1.82, 2.24) is 9.88 Å². The first-order valence-corrected chi connectivity index (χ1v) is 16.4. The topological polar surface area (TPSA) is 155 Å². The van der Waals surface area contributed by atoms with Crippen LogP contribution in [-0.2, 0) is 14.6 Å². The molecule has 0 unspecified atom stereocenters. The summed E-state index contributed by atoms with van der Waals surface area (Å²) in [6, 6.07) is 12.2. The van der Waals surface area contributed by atoms with E-state index in [1.165, 1.54) is 51.4 Å². The molecule has 0 spiro atoms. The SMILES string of the molecule is CCS(=O)(=O)c1ccc(N(C)C(=O)O)cc1[C@H]1CCCN1C(=O)[C@H](Nc1ccc2c(N)nccc2c1)c1cc(OC)c(C)cc1F. The van der Waals surface area contributed by atoms with Crippen molar-refractivity contribution in [2.75, 3.05) is 42.4 Å². The van der Waals surface area contributed by atoms with E-state index in [1.54, 1.807) is 42.3 Å². The molecule has 0 aliphatic carbocycles. The lowest BCUT2D eigenvalue weighted by Crippen LogP contribution is -2.38. The number of aromatic nitrogens is 1. The number of carbonyl (C=O) groups excluding carboxylic acids is 1. The van der Waals surface area contributed by atoms with Crippen molar-refractivity contribution in [3.8, 4) is 5.75 Å². The molecule has 2 atom stereocenters. The number of nitrogens with zero attached hydrogens (tertiary/aromatic N) is 3. The molecule has 1 aliphatic heterocycles. The number of pyridine rings is 1. The average molecular weight is 650 g/mol. The molecule has 0 bridgehead atoms. The Kier molecular flexibility index (Phi) is 9.06. The minimum atomic E-state index is -3.76. The molecule has 1 saturated heterocycles. The standard InChI is InChI=1S/C33H36FN5O6S/c1-5-46(43,44)29-11-9-22(38(3)33(41)42)17-25(29)27-7-6-14-39(27)32(40)30(24-18-28(45-4)19(2)15-26(24)34)37-21-8-10-23-20(16-21)12-13-36-31(23)35/h8-13,15-18,27,30,37H,5-7,14H2,1-4H3,(H2,35,36)(H,41,42)/t27-,30-/m1/s1. The third-order valence-electron chi connectivity index (χ3n) is 8.46. The quantitative estimate of drug-likeness (QED) is 0.207. The Balaban J connectivity index is 1.63. The van der Waals surface area contributed by atoms with E-state index in [0.29, 0.717) is 41.2 Å². The third kappa shape index (κ3) is 6.14. The van der Waals surface area contributed by atoms with E-state index in [9.17, 15) is 23.1 Å². The molecule has 1 aromatic heterocycles. The van der Waals surface area contributed by atoms with Crippen molar-refractivity contribution < 1.29 is 32.2 Å². The summed E-state index contributed by atoms with van der Waals surface area (Å²) in [5, 5.41) is 14.3. The van der Waals surface area contributed by atoms with E-state index in [-0.39, 0.29) is 28.4 Å². The predicted molar refractivity (Wildman–Crippen MR) is 174 cm³/mol. The van der Waals surface area contributed by atoms with Gasteiger partial charge < -0.3 is 25.8 Å². The Bertz CT molecular complexity index is 1940. The molecular formula is C33H36FN5O6S. The van der Waals surface area contributed by atoms with Crippen LogP contribution in [0.25, 0.3) is 10.8 Å². The van der Waals surface area contributed by atoms with E-state index in [0.717, 1.165) is 15.7 Å². The first kappa shape index (κ1) is 32.5. The zero-order valence-corrected chi connectivity index (χ0v) is 26.8. The van der Waals surface area contributed by atoms with Gasteiger partial charge >= 0.3 is 6.09 Å². The van der Waals surface area contributed by atoms with Crippen LogP contribution in [0.2, 0.25) is 0 Å². The Morgan fingerprint density at radius 2 is 1.96 bits per heavy atom. The van der Waals surface area contributed by atoms with Crippen LogP contribution >= 0.6 is 0 Å². The number of carbonyl (C=O) groups is 2. The number of fused-ring (bicyclic) bond motifs is 1. The lowest BCUT2D eigenvalue weighted by molar-refractivity contribution is -0.133. The molecule has 4 N–H and O–H groups in total.